The van der Waals surface area contributed by atoms with Gasteiger partial charge in [-0.3, -0.25) is 14.4 Å². The van der Waals surface area contributed by atoms with Gasteiger partial charge >= 0.3 is 5.91 Å². The van der Waals surface area contributed by atoms with Crippen LogP contribution in [-0.4, -0.2) is 95.3 Å². The fourth-order valence-electron chi connectivity index (χ4n) is 5.63. The number of aryl methyl sites for hydroxylation is 1. The van der Waals surface area contributed by atoms with Crippen LogP contribution in [0.1, 0.15) is 49.5 Å². The van der Waals surface area contributed by atoms with Gasteiger partial charge in [0.15, 0.2) is 0 Å². The largest absolute Gasteiger partial charge is 0.342 e. The predicted molar refractivity (Wildman–Crippen MR) is 144 cm³/mol. The lowest BCUT2D eigenvalue weighted by Gasteiger charge is -2.44. The van der Waals surface area contributed by atoms with E-state index in [2.05, 4.69) is 5.32 Å². The first kappa shape index (κ1) is 28.5. The second kappa shape index (κ2) is 10.6. The van der Waals surface area contributed by atoms with Gasteiger partial charge in [0.25, 0.3) is 5.91 Å². The van der Waals surface area contributed by atoms with E-state index in [9.17, 15) is 23.6 Å². The number of likely N-dealkylation sites (N-methyl/N-ethyl adjacent to an activating group) is 2. The van der Waals surface area contributed by atoms with Crippen LogP contribution in [0, 0.1) is 11.7 Å². The molecule has 3 heterocycles. The average molecular weight is 541 g/mol. The third kappa shape index (κ3) is 5.22. The van der Waals surface area contributed by atoms with Crippen LogP contribution in [-0.2, 0) is 20.8 Å². The van der Waals surface area contributed by atoms with E-state index in [4.69, 9.17) is 0 Å². The van der Waals surface area contributed by atoms with Gasteiger partial charge < -0.3 is 20.0 Å². The number of nitrogens with one attached hydrogen (secondary N) is 1. The van der Waals surface area contributed by atoms with Gasteiger partial charge in [-0.05, 0) is 49.0 Å². The summed E-state index contributed by atoms with van der Waals surface area (Å²) < 4.78 is 14.5. The van der Waals surface area contributed by atoms with Crippen molar-refractivity contribution in [3.63, 3.8) is 0 Å². The van der Waals surface area contributed by atoms with E-state index >= 15 is 0 Å². The predicted octanol–water partition coefficient (Wildman–Crippen LogP) is 2.25. The molecule has 0 bridgehead atoms. The summed E-state index contributed by atoms with van der Waals surface area (Å²) in [7, 11) is 5.36. The number of hydrogen-bond donors (Lipinski definition) is 1. The molecule has 210 valence electrons. The Labute approximate surface area is 229 Å². The van der Waals surface area contributed by atoms with Crippen LogP contribution < -0.4 is 5.32 Å². The molecule has 0 saturated carbocycles. The quantitative estimate of drug-likeness (QED) is 0.559. The Kier molecular flexibility index (Phi) is 7.71. The number of carbonyl (C=O) groups is 4. The number of quaternary nitrogens is 1. The van der Waals surface area contributed by atoms with Crippen LogP contribution in [0.15, 0.2) is 42.2 Å². The second-order valence-corrected chi connectivity index (χ2v) is 11.6. The van der Waals surface area contributed by atoms with Crippen LogP contribution in [0.4, 0.5) is 4.39 Å². The molecule has 1 N–H and O–H groups in total. The van der Waals surface area contributed by atoms with Crippen molar-refractivity contribution in [1.82, 2.24) is 20.0 Å². The maximum atomic E-state index is 14.4. The molecular weight excluding hydrogens is 501 g/mol. The van der Waals surface area contributed by atoms with Crippen LogP contribution in [0.5, 0.6) is 0 Å². The summed E-state index contributed by atoms with van der Waals surface area (Å²) in [6.45, 7) is 6.67. The van der Waals surface area contributed by atoms with E-state index < -0.39 is 23.3 Å². The number of piperidine rings is 1. The summed E-state index contributed by atoms with van der Waals surface area (Å²) in [6, 6.07) is 3.61. The van der Waals surface area contributed by atoms with Crippen LogP contribution in [0.2, 0.25) is 0 Å². The Balaban J connectivity index is 1.51. The molecule has 1 spiro atoms. The molecule has 2 fully saturated rings. The third-order valence-corrected chi connectivity index (χ3v) is 8.15. The summed E-state index contributed by atoms with van der Waals surface area (Å²) in [5, 5.41) is 2.76. The highest BCUT2D eigenvalue weighted by Crippen LogP contribution is 2.39. The number of hydrogen-bond acceptors (Lipinski definition) is 5. The van der Waals surface area contributed by atoms with Gasteiger partial charge in [0.05, 0.1) is 32.0 Å². The van der Waals surface area contributed by atoms with Crippen molar-refractivity contribution in [2.75, 3.05) is 40.9 Å². The zero-order valence-corrected chi connectivity index (χ0v) is 23.7. The van der Waals surface area contributed by atoms with Crippen LogP contribution in [0.25, 0.3) is 0 Å². The molecule has 1 unspecified atom stereocenters. The molecule has 0 aromatic heterocycles. The number of likely N-dealkylation sites (tertiary alicyclic amines) is 1. The number of carbonyl (C=O) groups excluding carboxylic acids is 4. The van der Waals surface area contributed by atoms with Gasteiger partial charge in [0.1, 0.15) is 23.6 Å². The molecule has 9 nitrogen and oxygen atoms in total. The molecule has 10 heteroatoms. The average Bonchev–Trinajstić information content (AvgIpc) is 3.13. The van der Waals surface area contributed by atoms with Crippen molar-refractivity contribution >= 4 is 23.6 Å². The van der Waals surface area contributed by atoms with E-state index in [0.29, 0.717) is 39.0 Å². The number of nitrogens with zero attached hydrogens (tertiary/aromatic N) is 4. The van der Waals surface area contributed by atoms with Crippen molar-refractivity contribution in [3.05, 3.63) is 59.2 Å². The molecule has 39 heavy (non-hydrogen) atoms. The maximum absolute atomic E-state index is 14.4. The molecular formula is C29H39FN5O4+. The van der Waals surface area contributed by atoms with Crippen molar-refractivity contribution in [2.24, 2.45) is 5.92 Å². The normalized spacial score (nSPS) is 21.0. The summed E-state index contributed by atoms with van der Waals surface area (Å²) in [5.41, 5.74) is 0.748. The smallest absolute Gasteiger partial charge is 0.341 e. The fourth-order valence-corrected chi connectivity index (χ4v) is 5.63. The highest BCUT2D eigenvalue weighted by molar-refractivity contribution is 5.98. The fraction of sp³-hybridized carbons (Fsp3) is 0.517. The maximum Gasteiger partial charge on any atom is 0.342 e. The number of allylic oxidation sites excluding steroid dienone is 1. The Morgan fingerprint density at radius 1 is 1.13 bits per heavy atom. The Hall–Kier alpha value is -3.53. The second-order valence-electron chi connectivity index (χ2n) is 11.6. The van der Waals surface area contributed by atoms with E-state index in [1.807, 2.05) is 31.9 Å². The molecule has 1 aromatic carbocycles. The Morgan fingerprint density at radius 2 is 1.79 bits per heavy atom. The lowest BCUT2D eigenvalue weighted by atomic mass is 9.84. The number of halogens is 1. The molecule has 3 aliphatic rings. The monoisotopic (exact) mass is 540 g/mol. The number of benzene rings is 1. The molecule has 4 rings (SSSR count). The Bertz CT molecular complexity index is 1250. The minimum atomic E-state index is -0.831. The standard InChI is InChI=1S/C29H38FN5O4/c1-7-20-8-10-23(30)22(16-20)26(37)31-25(19(2)3)27(38)33-14-12-29(13-15-33)28(39)32(4)18-34(29)21-9-11-24(36)35(5,6)17-21/h8-11,16-17,19,25H,7,12-15,18H2,1-6H3/p+1. The first-order valence-electron chi connectivity index (χ1n) is 13.5. The van der Waals surface area contributed by atoms with Crippen molar-refractivity contribution in [2.45, 2.75) is 51.6 Å². The van der Waals surface area contributed by atoms with Crippen LogP contribution in [0.3, 0.4) is 0 Å². The van der Waals surface area contributed by atoms with Gasteiger partial charge in [0, 0.05) is 26.2 Å². The van der Waals surface area contributed by atoms with Gasteiger partial charge in [-0.1, -0.05) is 26.8 Å². The van der Waals surface area contributed by atoms with E-state index in [-0.39, 0.29) is 33.7 Å². The molecule has 2 saturated heterocycles. The third-order valence-electron chi connectivity index (χ3n) is 8.15. The van der Waals surface area contributed by atoms with Gasteiger partial charge in [-0.2, -0.15) is 0 Å². The lowest BCUT2D eigenvalue weighted by molar-refractivity contribution is -0.757. The topological polar surface area (TPSA) is 90.0 Å². The van der Waals surface area contributed by atoms with Crippen molar-refractivity contribution in [3.8, 4) is 0 Å². The van der Waals surface area contributed by atoms with Crippen molar-refractivity contribution < 1.29 is 28.1 Å². The first-order valence-corrected chi connectivity index (χ1v) is 13.5. The molecule has 0 aliphatic carbocycles. The van der Waals surface area contributed by atoms with Gasteiger partial charge in [-0.15, -0.1) is 0 Å². The number of amides is 4. The van der Waals surface area contributed by atoms with Gasteiger partial charge in [0.2, 0.25) is 11.8 Å². The molecule has 1 atom stereocenters. The summed E-state index contributed by atoms with van der Waals surface area (Å²) >= 11 is 0. The van der Waals surface area contributed by atoms with Gasteiger partial charge in [-0.25, -0.2) is 13.7 Å². The lowest BCUT2D eigenvalue weighted by Crippen LogP contribution is -2.60. The summed E-state index contributed by atoms with van der Waals surface area (Å²) in [6.07, 6.45) is 6.65. The molecule has 1 aromatic rings. The van der Waals surface area contributed by atoms with E-state index in [1.165, 1.54) is 12.1 Å². The number of rotatable bonds is 6. The minimum absolute atomic E-state index is 0.00824. The SMILES string of the molecule is CCc1ccc(F)c(C(=O)NC(C(=O)N2CCC3(CC2)C(=O)N(C)CN3C2=C[N+](C)(C)C(=O)C=C2)C(C)C)c1. The summed E-state index contributed by atoms with van der Waals surface area (Å²) in [5.74, 6) is -1.76. The highest BCUT2D eigenvalue weighted by atomic mass is 19.1. The zero-order valence-electron chi connectivity index (χ0n) is 23.7. The molecule has 0 radical (unpaired) electrons. The van der Waals surface area contributed by atoms with Crippen LogP contribution >= 0.6 is 0 Å². The molecule has 3 aliphatic heterocycles. The van der Waals surface area contributed by atoms with E-state index in [1.54, 1.807) is 49.2 Å². The zero-order chi connectivity index (χ0) is 28.7. The molecule has 4 amide bonds. The Morgan fingerprint density at radius 3 is 2.38 bits per heavy atom. The summed E-state index contributed by atoms with van der Waals surface area (Å²) in [4.78, 5) is 57.7. The first-order chi connectivity index (χ1) is 18.3. The highest BCUT2D eigenvalue weighted by Gasteiger charge is 2.54. The van der Waals surface area contributed by atoms with E-state index in [0.717, 1.165) is 11.3 Å². The minimum Gasteiger partial charge on any atom is -0.341 e. The van der Waals surface area contributed by atoms with Crippen molar-refractivity contribution in [1.29, 1.82) is 0 Å².